The van der Waals surface area contributed by atoms with Gasteiger partial charge in [0.05, 0.1) is 0 Å². The van der Waals surface area contributed by atoms with Crippen LogP contribution in [0.1, 0.15) is 36.7 Å². The lowest BCUT2D eigenvalue weighted by molar-refractivity contribution is 0.0683. The minimum atomic E-state index is 0.00190. The SMILES string of the molecule is CCC1CCN(C(=O)c2cccc(Cl)n2)CC1. The average molecular weight is 253 g/mol. The van der Waals surface area contributed by atoms with Gasteiger partial charge in [0.2, 0.25) is 0 Å². The number of rotatable bonds is 2. The van der Waals surface area contributed by atoms with Crippen molar-refractivity contribution in [2.75, 3.05) is 13.1 Å². The monoisotopic (exact) mass is 252 g/mol. The minimum Gasteiger partial charge on any atom is -0.337 e. The van der Waals surface area contributed by atoms with Crippen LogP contribution in [0.2, 0.25) is 5.15 Å². The molecule has 1 aromatic heterocycles. The second-order valence-corrected chi connectivity index (χ2v) is 4.88. The van der Waals surface area contributed by atoms with E-state index in [0.717, 1.165) is 31.8 Å². The van der Waals surface area contributed by atoms with Gasteiger partial charge in [-0.1, -0.05) is 31.0 Å². The molecule has 0 saturated carbocycles. The molecule has 1 amide bonds. The summed E-state index contributed by atoms with van der Waals surface area (Å²) in [5.74, 6) is 0.772. The number of hydrogen-bond acceptors (Lipinski definition) is 2. The summed E-state index contributed by atoms with van der Waals surface area (Å²) in [6, 6.07) is 5.17. The van der Waals surface area contributed by atoms with Gasteiger partial charge in [0.15, 0.2) is 0 Å². The molecule has 2 heterocycles. The molecule has 1 saturated heterocycles. The summed E-state index contributed by atoms with van der Waals surface area (Å²) >= 11 is 5.79. The molecule has 0 radical (unpaired) electrons. The molecule has 0 bridgehead atoms. The third kappa shape index (κ3) is 2.97. The minimum absolute atomic E-state index is 0.00190. The molecule has 1 aliphatic rings. The van der Waals surface area contributed by atoms with Crippen molar-refractivity contribution in [2.45, 2.75) is 26.2 Å². The van der Waals surface area contributed by atoms with E-state index < -0.39 is 0 Å². The van der Waals surface area contributed by atoms with Crippen LogP contribution >= 0.6 is 11.6 Å². The van der Waals surface area contributed by atoms with E-state index in [0.29, 0.717) is 10.8 Å². The Bertz CT molecular complexity index is 400. The van der Waals surface area contributed by atoms with E-state index in [1.807, 2.05) is 4.90 Å². The van der Waals surface area contributed by atoms with E-state index in [2.05, 4.69) is 11.9 Å². The van der Waals surface area contributed by atoms with Crippen LogP contribution < -0.4 is 0 Å². The molecule has 0 unspecified atom stereocenters. The highest BCUT2D eigenvalue weighted by Crippen LogP contribution is 2.21. The zero-order valence-corrected chi connectivity index (χ0v) is 10.8. The first kappa shape index (κ1) is 12.4. The number of nitrogens with zero attached hydrogens (tertiary/aromatic N) is 2. The van der Waals surface area contributed by atoms with Crippen LogP contribution in [-0.4, -0.2) is 28.9 Å². The summed E-state index contributed by atoms with van der Waals surface area (Å²) in [6.07, 6.45) is 3.41. The molecule has 2 rings (SSSR count). The molecule has 0 spiro atoms. The number of halogens is 1. The van der Waals surface area contributed by atoms with E-state index in [1.54, 1.807) is 18.2 Å². The van der Waals surface area contributed by atoms with Crippen LogP contribution in [0.3, 0.4) is 0 Å². The van der Waals surface area contributed by atoms with Crippen molar-refractivity contribution in [3.8, 4) is 0 Å². The maximum absolute atomic E-state index is 12.2. The van der Waals surface area contributed by atoms with Gasteiger partial charge in [-0.2, -0.15) is 0 Å². The largest absolute Gasteiger partial charge is 0.337 e. The second kappa shape index (κ2) is 5.50. The lowest BCUT2D eigenvalue weighted by Crippen LogP contribution is -2.38. The van der Waals surface area contributed by atoms with Gasteiger partial charge in [0.25, 0.3) is 5.91 Å². The smallest absolute Gasteiger partial charge is 0.272 e. The van der Waals surface area contributed by atoms with E-state index in [-0.39, 0.29) is 5.91 Å². The lowest BCUT2D eigenvalue weighted by Gasteiger charge is -2.31. The Morgan fingerprint density at radius 1 is 1.47 bits per heavy atom. The van der Waals surface area contributed by atoms with Gasteiger partial charge in [-0.15, -0.1) is 0 Å². The van der Waals surface area contributed by atoms with E-state index >= 15 is 0 Å². The fourth-order valence-corrected chi connectivity index (χ4v) is 2.40. The van der Waals surface area contributed by atoms with Gasteiger partial charge in [-0.25, -0.2) is 4.98 Å². The van der Waals surface area contributed by atoms with Crippen molar-refractivity contribution < 1.29 is 4.79 Å². The van der Waals surface area contributed by atoms with Crippen molar-refractivity contribution in [1.82, 2.24) is 9.88 Å². The van der Waals surface area contributed by atoms with Crippen LogP contribution in [0, 0.1) is 5.92 Å². The van der Waals surface area contributed by atoms with Crippen LogP contribution in [0.5, 0.6) is 0 Å². The van der Waals surface area contributed by atoms with Gasteiger partial charge >= 0.3 is 0 Å². The molecular formula is C13H17ClN2O. The highest BCUT2D eigenvalue weighted by atomic mass is 35.5. The normalized spacial score (nSPS) is 17.2. The first-order chi connectivity index (χ1) is 8.20. The van der Waals surface area contributed by atoms with Gasteiger partial charge in [-0.3, -0.25) is 4.79 Å². The van der Waals surface area contributed by atoms with Gasteiger partial charge in [-0.05, 0) is 30.9 Å². The van der Waals surface area contributed by atoms with Crippen LogP contribution in [0.15, 0.2) is 18.2 Å². The molecule has 4 heteroatoms. The Morgan fingerprint density at radius 3 is 2.76 bits per heavy atom. The number of aromatic nitrogens is 1. The predicted octanol–water partition coefficient (Wildman–Crippen LogP) is 3.00. The number of likely N-dealkylation sites (tertiary alicyclic amines) is 1. The Hall–Kier alpha value is -1.09. The second-order valence-electron chi connectivity index (χ2n) is 4.49. The topological polar surface area (TPSA) is 33.2 Å². The van der Waals surface area contributed by atoms with Crippen molar-refractivity contribution in [3.05, 3.63) is 29.0 Å². The number of carbonyl (C=O) groups is 1. The Balaban J connectivity index is 2.02. The standard InChI is InChI=1S/C13H17ClN2O/c1-2-10-6-8-16(9-7-10)13(17)11-4-3-5-12(14)15-11/h3-5,10H,2,6-9H2,1H3. The summed E-state index contributed by atoms with van der Waals surface area (Å²) in [7, 11) is 0. The molecule has 17 heavy (non-hydrogen) atoms. The van der Waals surface area contributed by atoms with E-state index in [9.17, 15) is 4.79 Å². The van der Waals surface area contributed by atoms with Crippen LogP contribution in [0.4, 0.5) is 0 Å². The van der Waals surface area contributed by atoms with Gasteiger partial charge < -0.3 is 4.90 Å². The van der Waals surface area contributed by atoms with Crippen LogP contribution in [0.25, 0.3) is 0 Å². The summed E-state index contributed by atoms with van der Waals surface area (Å²) in [5, 5.41) is 0.374. The molecule has 92 valence electrons. The average Bonchev–Trinajstić information content (AvgIpc) is 2.38. The first-order valence-corrected chi connectivity index (χ1v) is 6.50. The first-order valence-electron chi connectivity index (χ1n) is 6.12. The maximum Gasteiger partial charge on any atom is 0.272 e. The Kier molecular flexibility index (Phi) is 4.00. The fraction of sp³-hybridized carbons (Fsp3) is 0.538. The molecule has 1 aromatic rings. The lowest BCUT2D eigenvalue weighted by atomic mass is 9.94. The van der Waals surface area contributed by atoms with Crippen molar-refractivity contribution in [1.29, 1.82) is 0 Å². The summed E-state index contributed by atoms with van der Waals surface area (Å²) in [6.45, 7) is 3.89. The fourth-order valence-electron chi connectivity index (χ4n) is 2.23. The van der Waals surface area contributed by atoms with Gasteiger partial charge in [0, 0.05) is 13.1 Å². The number of piperidine rings is 1. The number of amides is 1. The molecule has 0 N–H and O–H groups in total. The quantitative estimate of drug-likeness (QED) is 0.758. The van der Waals surface area contributed by atoms with Crippen molar-refractivity contribution in [3.63, 3.8) is 0 Å². The summed E-state index contributed by atoms with van der Waals surface area (Å²) in [4.78, 5) is 18.1. The number of pyridine rings is 1. The highest BCUT2D eigenvalue weighted by Gasteiger charge is 2.23. The molecule has 0 atom stereocenters. The zero-order chi connectivity index (χ0) is 12.3. The third-order valence-corrected chi connectivity index (χ3v) is 3.62. The summed E-state index contributed by atoms with van der Waals surface area (Å²) in [5.41, 5.74) is 0.451. The van der Waals surface area contributed by atoms with Crippen LogP contribution in [-0.2, 0) is 0 Å². The Morgan fingerprint density at radius 2 is 2.18 bits per heavy atom. The predicted molar refractivity (Wildman–Crippen MR) is 68.2 cm³/mol. The molecule has 3 nitrogen and oxygen atoms in total. The maximum atomic E-state index is 12.2. The van der Waals surface area contributed by atoms with E-state index in [4.69, 9.17) is 11.6 Å². The molecular weight excluding hydrogens is 236 g/mol. The zero-order valence-electron chi connectivity index (χ0n) is 10.0. The molecule has 0 aliphatic carbocycles. The van der Waals surface area contributed by atoms with Crippen molar-refractivity contribution in [2.24, 2.45) is 5.92 Å². The molecule has 0 aromatic carbocycles. The van der Waals surface area contributed by atoms with E-state index in [1.165, 1.54) is 6.42 Å². The summed E-state index contributed by atoms with van der Waals surface area (Å²) < 4.78 is 0. The molecule has 1 aliphatic heterocycles. The number of carbonyl (C=O) groups excluding carboxylic acids is 1. The van der Waals surface area contributed by atoms with Gasteiger partial charge in [0.1, 0.15) is 10.8 Å². The number of hydrogen-bond donors (Lipinski definition) is 0. The molecule has 1 fully saturated rings. The third-order valence-electron chi connectivity index (χ3n) is 3.41. The Labute approximate surface area is 107 Å². The van der Waals surface area contributed by atoms with Crippen molar-refractivity contribution >= 4 is 17.5 Å². The highest BCUT2D eigenvalue weighted by molar-refractivity contribution is 6.29.